The van der Waals surface area contributed by atoms with Gasteiger partial charge in [-0.1, -0.05) is 18.2 Å². The molecule has 4 rings (SSSR count). The van der Waals surface area contributed by atoms with Gasteiger partial charge in [-0.25, -0.2) is 4.98 Å². The number of benzene rings is 1. The van der Waals surface area contributed by atoms with Gasteiger partial charge >= 0.3 is 0 Å². The summed E-state index contributed by atoms with van der Waals surface area (Å²) in [5.41, 5.74) is 0.749. The summed E-state index contributed by atoms with van der Waals surface area (Å²) in [4.78, 5) is 22.7. The molecule has 0 amide bonds. The Balaban J connectivity index is 1.64. The van der Waals surface area contributed by atoms with Crippen molar-refractivity contribution < 1.29 is 4.90 Å². The fourth-order valence-electron chi connectivity index (χ4n) is 3.39. The molecule has 1 aromatic carbocycles. The zero-order chi connectivity index (χ0) is 14.9. The highest BCUT2D eigenvalue weighted by atomic mass is 32.1. The van der Waals surface area contributed by atoms with Crippen LogP contribution in [0.2, 0.25) is 0 Å². The Kier molecular flexibility index (Phi) is 3.52. The van der Waals surface area contributed by atoms with Gasteiger partial charge in [0, 0.05) is 12.8 Å². The van der Waals surface area contributed by atoms with Gasteiger partial charge in [0.25, 0.3) is 5.56 Å². The van der Waals surface area contributed by atoms with Crippen molar-refractivity contribution in [1.82, 2.24) is 9.97 Å². The minimum absolute atomic E-state index is 0.0353. The number of para-hydroxylation sites is 1. The lowest BCUT2D eigenvalue weighted by atomic mass is 10.2. The Labute approximate surface area is 132 Å². The first-order valence-electron chi connectivity index (χ1n) is 7.67. The van der Waals surface area contributed by atoms with E-state index in [1.165, 1.54) is 22.6 Å². The number of H-pyrrole nitrogens is 1. The maximum absolute atomic E-state index is 12.2. The highest BCUT2D eigenvalue weighted by Gasteiger charge is 2.31. The summed E-state index contributed by atoms with van der Waals surface area (Å²) in [5.74, 6) is 0.794. The molecule has 0 spiro atoms. The molecule has 2 atom stereocenters. The maximum Gasteiger partial charge on any atom is 0.258 e. The molecule has 1 aliphatic heterocycles. The van der Waals surface area contributed by atoms with E-state index in [1.807, 2.05) is 35.6 Å². The van der Waals surface area contributed by atoms with Gasteiger partial charge in [0.2, 0.25) is 0 Å². The molecule has 4 nitrogen and oxygen atoms in total. The smallest absolute Gasteiger partial charge is 0.258 e. The Morgan fingerprint density at radius 2 is 2.18 bits per heavy atom. The SMILES string of the molecule is O=c1[nH]c(C[NH+]2CCC[C@@H]2c2cccs2)nc2ccccc12. The summed E-state index contributed by atoms with van der Waals surface area (Å²) in [6.07, 6.45) is 2.45. The predicted octanol–water partition coefficient (Wildman–Crippen LogP) is 1.90. The van der Waals surface area contributed by atoms with Crippen molar-refractivity contribution >= 4 is 22.2 Å². The molecule has 0 saturated carbocycles. The molecule has 112 valence electrons. The van der Waals surface area contributed by atoms with Gasteiger partial charge < -0.3 is 9.88 Å². The Hall–Kier alpha value is -1.98. The number of aromatic nitrogens is 2. The molecular weight excluding hydrogens is 294 g/mol. The maximum atomic E-state index is 12.2. The van der Waals surface area contributed by atoms with Crippen molar-refractivity contribution in [2.45, 2.75) is 25.4 Å². The summed E-state index contributed by atoms with van der Waals surface area (Å²) in [6, 6.07) is 12.4. The Bertz CT molecular complexity index is 840. The van der Waals surface area contributed by atoms with E-state index in [0.29, 0.717) is 11.4 Å². The minimum atomic E-state index is -0.0353. The largest absolute Gasteiger partial charge is 0.322 e. The second-order valence-corrected chi connectivity index (χ2v) is 6.80. The van der Waals surface area contributed by atoms with E-state index in [0.717, 1.165) is 24.4 Å². The van der Waals surface area contributed by atoms with Gasteiger partial charge in [0.15, 0.2) is 5.82 Å². The number of aromatic amines is 1. The van der Waals surface area contributed by atoms with Crippen molar-refractivity contribution in [2.24, 2.45) is 0 Å². The van der Waals surface area contributed by atoms with Crippen LogP contribution in [0.4, 0.5) is 0 Å². The van der Waals surface area contributed by atoms with Crippen LogP contribution in [0, 0.1) is 0 Å². The standard InChI is InChI=1S/C17H17N3OS/c21-17-12-5-1-2-6-13(12)18-16(19-17)11-20-9-3-7-14(20)15-8-4-10-22-15/h1-2,4-6,8,10,14H,3,7,9,11H2,(H,18,19,21)/p+1/t14-/m1/s1. The number of hydrogen-bond acceptors (Lipinski definition) is 3. The fourth-order valence-corrected chi connectivity index (χ4v) is 4.31. The van der Waals surface area contributed by atoms with Crippen LogP contribution < -0.4 is 10.5 Å². The molecule has 1 unspecified atom stereocenters. The van der Waals surface area contributed by atoms with E-state index in [9.17, 15) is 4.79 Å². The summed E-state index contributed by atoms with van der Waals surface area (Å²) >= 11 is 1.83. The lowest BCUT2D eigenvalue weighted by Gasteiger charge is -2.20. The minimum Gasteiger partial charge on any atom is -0.322 e. The van der Waals surface area contributed by atoms with Gasteiger partial charge in [-0.15, -0.1) is 11.3 Å². The normalized spacial score (nSPS) is 21.5. The molecule has 5 heteroatoms. The number of nitrogens with zero attached hydrogens (tertiary/aromatic N) is 1. The van der Waals surface area contributed by atoms with E-state index in [-0.39, 0.29) is 5.56 Å². The van der Waals surface area contributed by atoms with Crippen molar-refractivity contribution in [1.29, 1.82) is 0 Å². The number of quaternary nitrogens is 1. The lowest BCUT2D eigenvalue weighted by molar-refractivity contribution is -0.932. The molecule has 2 aromatic heterocycles. The van der Waals surface area contributed by atoms with Crippen molar-refractivity contribution in [2.75, 3.05) is 6.54 Å². The van der Waals surface area contributed by atoms with Crippen molar-refractivity contribution in [3.05, 3.63) is 62.8 Å². The molecule has 0 radical (unpaired) electrons. The van der Waals surface area contributed by atoms with Crippen molar-refractivity contribution in [3.8, 4) is 0 Å². The van der Waals surface area contributed by atoms with Crippen LogP contribution in [-0.4, -0.2) is 16.5 Å². The average molecular weight is 312 g/mol. The van der Waals surface area contributed by atoms with E-state index in [4.69, 9.17) is 0 Å². The monoisotopic (exact) mass is 312 g/mol. The number of fused-ring (bicyclic) bond motifs is 1. The fraction of sp³-hybridized carbons (Fsp3) is 0.294. The third-order valence-corrected chi connectivity index (χ3v) is 5.41. The molecule has 3 aromatic rings. The zero-order valence-corrected chi connectivity index (χ0v) is 13.0. The first kappa shape index (κ1) is 13.7. The predicted molar refractivity (Wildman–Crippen MR) is 88.2 cm³/mol. The number of likely N-dealkylation sites (tertiary alicyclic amines) is 1. The van der Waals surface area contributed by atoms with Crippen LogP contribution >= 0.6 is 11.3 Å². The molecule has 3 heterocycles. The van der Waals surface area contributed by atoms with E-state index in [2.05, 4.69) is 27.5 Å². The molecule has 1 aliphatic rings. The van der Waals surface area contributed by atoms with Crippen LogP contribution in [0.25, 0.3) is 10.9 Å². The highest BCUT2D eigenvalue weighted by molar-refractivity contribution is 7.10. The van der Waals surface area contributed by atoms with Gasteiger partial charge in [0.1, 0.15) is 12.6 Å². The van der Waals surface area contributed by atoms with Crippen LogP contribution in [-0.2, 0) is 6.54 Å². The average Bonchev–Trinajstić information content (AvgIpc) is 3.18. The van der Waals surface area contributed by atoms with Gasteiger partial charge in [0.05, 0.1) is 22.3 Å². The number of thiophene rings is 1. The Morgan fingerprint density at radius 3 is 3.05 bits per heavy atom. The summed E-state index contributed by atoms with van der Waals surface area (Å²) in [7, 11) is 0. The first-order chi connectivity index (χ1) is 10.8. The molecule has 22 heavy (non-hydrogen) atoms. The lowest BCUT2D eigenvalue weighted by Crippen LogP contribution is -3.09. The Morgan fingerprint density at radius 1 is 1.27 bits per heavy atom. The van der Waals surface area contributed by atoms with Crippen molar-refractivity contribution in [3.63, 3.8) is 0 Å². The third-order valence-electron chi connectivity index (χ3n) is 4.43. The highest BCUT2D eigenvalue weighted by Crippen LogP contribution is 2.23. The zero-order valence-electron chi connectivity index (χ0n) is 12.2. The number of nitrogens with one attached hydrogen (secondary N) is 2. The third kappa shape index (κ3) is 2.46. The van der Waals surface area contributed by atoms with E-state index in [1.54, 1.807) is 0 Å². The molecule has 1 fully saturated rings. The molecule has 0 aliphatic carbocycles. The number of hydrogen-bond donors (Lipinski definition) is 2. The molecule has 2 N–H and O–H groups in total. The molecule has 1 saturated heterocycles. The van der Waals surface area contributed by atoms with Gasteiger partial charge in [-0.3, -0.25) is 4.79 Å². The number of rotatable bonds is 3. The van der Waals surface area contributed by atoms with Gasteiger partial charge in [-0.2, -0.15) is 0 Å². The second-order valence-electron chi connectivity index (χ2n) is 5.83. The summed E-state index contributed by atoms with van der Waals surface area (Å²) in [6.45, 7) is 1.92. The topological polar surface area (TPSA) is 50.2 Å². The summed E-state index contributed by atoms with van der Waals surface area (Å²) in [5, 5.41) is 2.80. The van der Waals surface area contributed by atoms with E-state index >= 15 is 0 Å². The van der Waals surface area contributed by atoms with Crippen LogP contribution in [0.5, 0.6) is 0 Å². The van der Waals surface area contributed by atoms with Gasteiger partial charge in [-0.05, 0) is 23.6 Å². The van der Waals surface area contributed by atoms with Crippen LogP contribution in [0.3, 0.4) is 0 Å². The summed E-state index contributed by atoms with van der Waals surface area (Å²) < 4.78 is 0. The molecule has 0 bridgehead atoms. The van der Waals surface area contributed by atoms with E-state index < -0.39 is 0 Å². The van der Waals surface area contributed by atoms with Crippen LogP contribution in [0.1, 0.15) is 29.6 Å². The molecular formula is C17H18N3OS+. The van der Waals surface area contributed by atoms with Crippen LogP contribution in [0.15, 0.2) is 46.6 Å². The first-order valence-corrected chi connectivity index (χ1v) is 8.55. The second kappa shape index (κ2) is 5.66. The quantitative estimate of drug-likeness (QED) is 0.776.